The molecule has 3 nitrogen and oxygen atoms in total. The molecule has 19 heavy (non-hydrogen) atoms. The molecule has 4 atom stereocenters. The molecule has 4 rings (SSSR count). The Morgan fingerprint density at radius 3 is 2.63 bits per heavy atom. The first-order valence-electron chi connectivity index (χ1n) is 7.88. The highest BCUT2D eigenvalue weighted by Crippen LogP contribution is 2.44. The lowest BCUT2D eigenvalue weighted by Gasteiger charge is -2.58. The van der Waals surface area contributed by atoms with Gasteiger partial charge in [-0.15, -0.1) is 12.4 Å². The second-order valence-corrected chi connectivity index (χ2v) is 6.74. The van der Waals surface area contributed by atoms with Crippen LogP contribution < -0.4 is 0 Å². The molecule has 4 aliphatic heterocycles. The molecule has 0 bridgehead atoms. The minimum absolute atomic E-state index is 0. The quantitative estimate of drug-likeness (QED) is 0.681. The van der Waals surface area contributed by atoms with Gasteiger partial charge < -0.3 is 4.90 Å². The van der Waals surface area contributed by atoms with Crippen LogP contribution in [0.25, 0.3) is 0 Å². The Labute approximate surface area is 122 Å². The molecule has 0 radical (unpaired) electrons. The minimum Gasteiger partial charge on any atom is -0.339 e. The van der Waals surface area contributed by atoms with Gasteiger partial charge in [0, 0.05) is 25.0 Å². The summed E-state index contributed by atoms with van der Waals surface area (Å²) in [6.07, 6.45) is 8.64. The van der Waals surface area contributed by atoms with Crippen molar-refractivity contribution in [3.8, 4) is 0 Å². The lowest BCUT2D eigenvalue weighted by Crippen LogP contribution is -2.66. The molecule has 4 aliphatic rings. The van der Waals surface area contributed by atoms with Gasteiger partial charge in [0.15, 0.2) is 0 Å². The summed E-state index contributed by atoms with van der Waals surface area (Å²) in [5.41, 5.74) is 0. The van der Waals surface area contributed by atoms with E-state index in [4.69, 9.17) is 0 Å². The molecule has 4 heteroatoms. The third-order valence-corrected chi connectivity index (χ3v) is 5.88. The molecule has 0 unspecified atom stereocenters. The number of hydrogen-bond acceptors (Lipinski definition) is 2. The number of hydrogen-bond donors (Lipinski definition) is 0. The monoisotopic (exact) mass is 284 g/mol. The largest absolute Gasteiger partial charge is 0.339 e. The topological polar surface area (TPSA) is 23.6 Å². The maximum absolute atomic E-state index is 12.2. The molecular formula is C15H25ClN2O. The zero-order valence-corrected chi connectivity index (χ0v) is 12.4. The van der Waals surface area contributed by atoms with Gasteiger partial charge in [0.05, 0.1) is 0 Å². The zero-order chi connectivity index (χ0) is 12.1. The maximum Gasteiger partial charge on any atom is 0.222 e. The highest BCUT2D eigenvalue weighted by molar-refractivity contribution is 5.85. The van der Waals surface area contributed by atoms with E-state index in [2.05, 4.69) is 9.80 Å². The molecule has 1 amide bonds. The summed E-state index contributed by atoms with van der Waals surface area (Å²) in [5.74, 6) is 2.02. The van der Waals surface area contributed by atoms with Crippen LogP contribution >= 0.6 is 12.4 Å². The van der Waals surface area contributed by atoms with Crippen molar-refractivity contribution >= 4 is 18.3 Å². The highest BCUT2D eigenvalue weighted by atomic mass is 35.5. The Balaban J connectivity index is 0.00000110. The third-order valence-electron chi connectivity index (χ3n) is 5.88. The van der Waals surface area contributed by atoms with Crippen LogP contribution in [0, 0.1) is 11.8 Å². The molecule has 0 spiro atoms. The Morgan fingerprint density at radius 1 is 1.00 bits per heavy atom. The van der Waals surface area contributed by atoms with E-state index in [0.717, 1.165) is 37.3 Å². The second-order valence-electron chi connectivity index (χ2n) is 6.74. The second kappa shape index (κ2) is 5.25. The van der Waals surface area contributed by atoms with Crippen LogP contribution in [0.2, 0.25) is 0 Å². The summed E-state index contributed by atoms with van der Waals surface area (Å²) in [4.78, 5) is 17.2. The molecule has 0 aromatic carbocycles. The molecule has 0 aromatic heterocycles. The number of carbonyl (C=O) groups excluding carboxylic acids is 1. The van der Waals surface area contributed by atoms with E-state index in [1.807, 2.05) is 0 Å². The molecule has 108 valence electrons. The lowest BCUT2D eigenvalue weighted by molar-refractivity contribution is -0.150. The van der Waals surface area contributed by atoms with Crippen molar-refractivity contribution in [2.45, 2.75) is 57.0 Å². The van der Waals surface area contributed by atoms with E-state index >= 15 is 0 Å². The number of piperidine rings is 4. The standard InChI is InChI=1S/C15H24N2O.ClH/c18-14-7-1-6-13-12-5-3-9-16-8-2-4-11(15(12)16)10-17(13)14;/h11-13,15H,1-10H2;1H/t11-,12-,13-,15+;/m1./s1. The summed E-state index contributed by atoms with van der Waals surface area (Å²) in [5, 5.41) is 0. The zero-order valence-electron chi connectivity index (χ0n) is 11.6. The van der Waals surface area contributed by atoms with Crippen molar-refractivity contribution in [3.63, 3.8) is 0 Å². The Bertz CT molecular complexity index is 360. The van der Waals surface area contributed by atoms with E-state index in [9.17, 15) is 4.79 Å². The van der Waals surface area contributed by atoms with Gasteiger partial charge in [-0.2, -0.15) is 0 Å². The molecule has 0 N–H and O–H groups in total. The average molecular weight is 285 g/mol. The fraction of sp³-hybridized carbons (Fsp3) is 0.933. The molecule has 4 saturated heterocycles. The van der Waals surface area contributed by atoms with Crippen molar-refractivity contribution in [3.05, 3.63) is 0 Å². The number of nitrogens with zero attached hydrogens (tertiary/aromatic N) is 2. The maximum atomic E-state index is 12.2. The van der Waals surface area contributed by atoms with E-state index in [0.29, 0.717) is 11.9 Å². The predicted octanol–water partition coefficient (Wildman–Crippen LogP) is 2.29. The lowest BCUT2D eigenvalue weighted by atomic mass is 9.68. The van der Waals surface area contributed by atoms with Crippen molar-refractivity contribution < 1.29 is 4.79 Å². The van der Waals surface area contributed by atoms with Gasteiger partial charge in [0.1, 0.15) is 0 Å². The predicted molar refractivity (Wildman–Crippen MR) is 77.4 cm³/mol. The first-order valence-corrected chi connectivity index (χ1v) is 7.88. The van der Waals surface area contributed by atoms with Crippen molar-refractivity contribution in [2.75, 3.05) is 19.6 Å². The number of halogens is 1. The first kappa shape index (κ1) is 13.7. The molecule has 0 saturated carbocycles. The van der Waals surface area contributed by atoms with E-state index < -0.39 is 0 Å². The summed E-state index contributed by atoms with van der Waals surface area (Å²) < 4.78 is 0. The fourth-order valence-corrected chi connectivity index (χ4v) is 5.26. The summed E-state index contributed by atoms with van der Waals surface area (Å²) in [6, 6.07) is 1.41. The molecule has 0 aromatic rings. The van der Waals surface area contributed by atoms with E-state index in [1.54, 1.807) is 0 Å². The van der Waals surface area contributed by atoms with Crippen molar-refractivity contribution in [1.29, 1.82) is 0 Å². The van der Waals surface area contributed by atoms with Crippen LogP contribution in [0.4, 0.5) is 0 Å². The molecule has 4 heterocycles. The normalized spacial score (nSPS) is 42.1. The minimum atomic E-state index is 0. The van der Waals surface area contributed by atoms with Crippen LogP contribution in [0.3, 0.4) is 0 Å². The average Bonchev–Trinajstić information content (AvgIpc) is 2.41. The SMILES string of the molecule is Cl.O=C1CCC[C@@H]2[C@H]3CCCN4CCC[C@H](CN12)[C@@H]34. The van der Waals surface area contributed by atoms with Crippen LogP contribution in [-0.2, 0) is 4.79 Å². The number of amides is 1. The van der Waals surface area contributed by atoms with Gasteiger partial charge in [-0.1, -0.05) is 0 Å². The third kappa shape index (κ3) is 2.09. The van der Waals surface area contributed by atoms with Gasteiger partial charge in [-0.05, 0) is 63.5 Å². The Kier molecular flexibility index (Phi) is 3.78. The van der Waals surface area contributed by atoms with Crippen molar-refractivity contribution in [2.24, 2.45) is 11.8 Å². The van der Waals surface area contributed by atoms with E-state index in [-0.39, 0.29) is 12.4 Å². The molecular weight excluding hydrogens is 260 g/mol. The highest BCUT2D eigenvalue weighted by Gasteiger charge is 2.50. The summed E-state index contributed by atoms with van der Waals surface area (Å²) in [7, 11) is 0. The molecule has 0 aliphatic carbocycles. The molecule has 4 fully saturated rings. The summed E-state index contributed by atoms with van der Waals surface area (Å²) >= 11 is 0. The fourth-order valence-electron chi connectivity index (χ4n) is 5.26. The van der Waals surface area contributed by atoms with Crippen LogP contribution in [0.15, 0.2) is 0 Å². The van der Waals surface area contributed by atoms with Crippen LogP contribution in [0.1, 0.15) is 44.9 Å². The summed E-state index contributed by atoms with van der Waals surface area (Å²) in [6.45, 7) is 3.71. The van der Waals surface area contributed by atoms with Gasteiger partial charge in [0.2, 0.25) is 5.91 Å². The van der Waals surface area contributed by atoms with Crippen molar-refractivity contribution in [1.82, 2.24) is 9.80 Å². The van der Waals surface area contributed by atoms with Gasteiger partial charge in [0.25, 0.3) is 0 Å². The number of fused-ring (bicyclic) bond motifs is 2. The first-order chi connectivity index (χ1) is 8.84. The van der Waals surface area contributed by atoms with Gasteiger partial charge >= 0.3 is 0 Å². The number of carbonyl (C=O) groups is 1. The van der Waals surface area contributed by atoms with Crippen LogP contribution in [-0.4, -0.2) is 47.4 Å². The van der Waals surface area contributed by atoms with Crippen LogP contribution in [0.5, 0.6) is 0 Å². The Hall–Kier alpha value is -0.280. The smallest absolute Gasteiger partial charge is 0.222 e. The van der Waals surface area contributed by atoms with Gasteiger partial charge in [-0.3, -0.25) is 9.69 Å². The Morgan fingerprint density at radius 2 is 1.79 bits per heavy atom. The number of rotatable bonds is 0. The van der Waals surface area contributed by atoms with Gasteiger partial charge in [-0.25, -0.2) is 0 Å². The van der Waals surface area contributed by atoms with E-state index in [1.165, 1.54) is 45.2 Å².